The first-order valence-corrected chi connectivity index (χ1v) is 11.8. The molecule has 3 aromatic rings. The molecule has 4 rings (SSSR count). The normalized spacial score (nSPS) is 14.8. The number of rotatable bonds is 7. The lowest BCUT2D eigenvalue weighted by atomic mass is 9.96. The standard InChI is InChI=1S/C23H30ClN5O3/c1-3-12-28-20-19(21(31)27(4-2)23(28)32)29(14-15-10-11-18(30)17(24)13-15)22(26-20)25-16-8-6-5-7-9-16/h10-11,13,16,30H,3-9,12,14H2,1-2H3,(H,25,26). The number of anilines is 1. The van der Waals surface area contributed by atoms with Gasteiger partial charge >= 0.3 is 5.69 Å². The first-order chi connectivity index (χ1) is 15.4. The minimum absolute atomic E-state index is 0.0107. The Balaban J connectivity index is 1.92. The molecule has 1 fully saturated rings. The van der Waals surface area contributed by atoms with Crippen LogP contribution in [0.4, 0.5) is 5.95 Å². The third-order valence-electron chi connectivity index (χ3n) is 6.17. The van der Waals surface area contributed by atoms with Crippen molar-refractivity contribution in [3.8, 4) is 5.75 Å². The van der Waals surface area contributed by atoms with Gasteiger partial charge in [-0.05, 0) is 43.9 Å². The molecule has 0 spiro atoms. The molecule has 2 heterocycles. The largest absolute Gasteiger partial charge is 0.506 e. The molecule has 9 heteroatoms. The lowest BCUT2D eigenvalue weighted by Gasteiger charge is -2.23. The zero-order chi connectivity index (χ0) is 22.8. The van der Waals surface area contributed by atoms with E-state index < -0.39 is 0 Å². The molecule has 32 heavy (non-hydrogen) atoms. The van der Waals surface area contributed by atoms with Gasteiger partial charge in [0.2, 0.25) is 5.95 Å². The first kappa shape index (κ1) is 22.5. The molecule has 0 atom stereocenters. The van der Waals surface area contributed by atoms with E-state index in [0.29, 0.717) is 36.7 Å². The number of nitrogens with one attached hydrogen (secondary N) is 1. The summed E-state index contributed by atoms with van der Waals surface area (Å²) in [6.45, 7) is 4.91. The van der Waals surface area contributed by atoms with Crippen LogP contribution in [-0.4, -0.2) is 29.8 Å². The van der Waals surface area contributed by atoms with Crippen LogP contribution in [0.1, 0.15) is 57.9 Å². The summed E-state index contributed by atoms with van der Waals surface area (Å²) in [4.78, 5) is 31.1. The van der Waals surface area contributed by atoms with Crippen LogP contribution in [0.2, 0.25) is 5.02 Å². The molecule has 2 aromatic heterocycles. The number of phenolic OH excluding ortho intramolecular Hbond substituents is 1. The fraction of sp³-hybridized carbons (Fsp3) is 0.522. The summed E-state index contributed by atoms with van der Waals surface area (Å²) >= 11 is 6.13. The second-order valence-corrected chi connectivity index (χ2v) is 8.85. The first-order valence-electron chi connectivity index (χ1n) is 11.4. The van der Waals surface area contributed by atoms with Gasteiger partial charge in [0.05, 0.1) is 11.6 Å². The van der Waals surface area contributed by atoms with Crippen molar-refractivity contribution < 1.29 is 5.11 Å². The van der Waals surface area contributed by atoms with Gasteiger partial charge < -0.3 is 10.4 Å². The van der Waals surface area contributed by atoms with Crippen LogP contribution in [-0.2, 0) is 19.6 Å². The van der Waals surface area contributed by atoms with E-state index in [0.717, 1.165) is 37.7 Å². The highest BCUT2D eigenvalue weighted by Crippen LogP contribution is 2.27. The third kappa shape index (κ3) is 4.16. The van der Waals surface area contributed by atoms with Gasteiger partial charge in [0.15, 0.2) is 11.2 Å². The number of aromatic nitrogens is 4. The molecule has 1 aromatic carbocycles. The third-order valence-corrected chi connectivity index (χ3v) is 6.47. The van der Waals surface area contributed by atoms with E-state index in [2.05, 4.69) is 5.32 Å². The van der Waals surface area contributed by atoms with Gasteiger partial charge in [-0.25, -0.2) is 4.79 Å². The van der Waals surface area contributed by atoms with Crippen LogP contribution in [0.3, 0.4) is 0 Å². The molecule has 1 aliphatic carbocycles. The smallest absolute Gasteiger partial charge is 0.332 e. The number of aromatic hydroxyl groups is 1. The summed E-state index contributed by atoms with van der Waals surface area (Å²) < 4.78 is 4.73. The quantitative estimate of drug-likeness (QED) is 0.558. The molecule has 2 N–H and O–H groups in total. The lowest BCUT2D eigenvalue weighted by molar-refractivity contribution is 0.459. The highest BCUT2D eigenvalue weighted by Gasteiger charge is 2.23. The molecular formula is C23H30ClN5O3. The molecule has 0 bridgehead atoms. The second kappa shape index (κ2) is 9.40. The average molecular weight is 460 g/mol. The van der Waals surface area contributed by atoms with E-state index in [1.54, 1.807) is 29.7 Å². The number of nitrogens with zero attached hydrogens (tertiary/aromatic N) is 4. The summed E-state index contributed by atoms with van der Waals surface area (Å²) in [5.74, 6) is 0.600. The monoisotopic (exact) mass is 459 g/mol. The zero-order valence-electron chi connectivity index (χ0n) is 18.6. The summed E-state index contributed by atoms with van der Waals surface area (Å²) in [5.41, 5.74) is 0.981. The van der Waals surface area contributed by atoms with Crippen molar-refractivity contribution >= 4 is 28.7 Å². The lowest BCUT2D eigenvalue weighted by Crippen LogP contribution is -2.40. The maximum atomic E-state index is 13.4. The SMILES string of the molecule is CCCn1c(=O)n(CC)c(=O)c2c1nc(NC1CCCCC1)n2Cc1ccc(O)c(Cl)c1. The highest BCUT2D eigenvalue weighted by molar-refractivity contribution is 6.32. The van der Waals surface area contributed by atoms with Crippen molar-refractivity contribution in [1.29, 1.82) is 0 Å². The highest BCUT2D eigenvalue weighted by atomic mass is 35.5. The van der Waals surface area contributed by atoms with Crippen LogP contribution in [0, 0.1) is 0 Å². The molecule has 0 aliphatic heterocycles. The van der Waals surface area contributed by atoms with Gasteiger partial charge in [-0.15, -0.1) is 0 Å². The van der Waals surface area contributed by atoms with Crippen molar-refractivity contribution in [1.82, 2.24) is 18.7 Å². The Hall–Kier alpha value is -2.74. The molecule has 1 aliphatic rings. The number of hydrogen-bond donors (Lipinski definition) is 2. The fourth-order valence-electron chi connectivity index (χ4n) is 4.52. The molecule has 8 nitrogen and oxygen atoms in total. The van der Waals surface area contributed by atoms with E-state index >= 15 is 0 Å². The van der Waals surface area contributed by atoms with Crippen molar-refractivity contribution in [3.05, 3.63) is 49.6 Å². The van der Waals surface area contributed by atoms with Crippen molar-refractivity contribution in [2.24, 2.45) is 0 Å². The molecule has 0 amide bonds. The van der Waals surface area contributed by atoms with Crippen molar-refractivity contribution in [3.63, 3.8) is 0 Å². The molecule has 172 valence electrons. The Morgan fingerprint density at radius 3 is 2.53 bits per heavy atom. The summed E-state index contributed by atoms with van der Waals surface area (Å²) in [7, 11) is 0. The molecule has 0 radical (unpaired) electrons. The number of fused-ring (bicyclic) bond motifs is 1. The van der Waals surface area contributed by atoms with Gasteiger partial charge in [0.25, 0.3) is 5.56 Å². The summed E-state index contributed by atoms with van der Waals surface area (Å²) in [6, 6.07) is 5.29. The van der Waals surface area contributed by atoms with E-state index in [4.69, 9.17) is 16.6 Å². The predicted molar refractivity (Wildman–Crippen MR) is 127 cm³/mol. The molecular weight excluding hydrogens is 430 g/mol. The fourth-order valence-corrected chi connectivity index (χ4v) is 4.72. The van der Waals surface area contributed by atoms with Crippen molar-refractivity contribution in [2.75, 3.05) is 5.32 Å². The van der Waals surface area contributed by atoms with Crippen LogP contribution in [0.25, 0.3) is 11.2 Å². The Labute approximate surface area is 191 Å². The number of halogens is 1. The zero-order valence-corrected chi connectivity index (χ0v) is 19.4. The average Bonchev–Trinajstić information content (AvgIpc) is 3.12. The minimum Gasteiger partial charge on any atom is -0.506 e. The Morgan fingerprint density at radius 2 is 1.88 bits per heavy atom. The van der Waals surface area contributed by atoms with Gasteiger partial charge in [0, 0.05) is 19.1 Å². The Morgan fingerprint density at radius 1 is 1.12 bits per heavy atom. The predicted octanol–water partition coefficient (Wildman–Crippen LogP) is 3.94. The number of benzene rings is 1. The topological polar surface area (TPSA) is 94.1 Å². The summed E-state index contributed by atoms with van der Waals surface area (Å²) in [5, 5.41) is 13.6. The molecule has 1 saturated carbocycles. The molecule has 0 unspecified atom stereocenters. The number of hydrogen-bond acceptors (Lipinski definition) is 5. The van der Waals surface area contributed by atoms with E-state index in [-0.39, 0.29) is 28.1 Å². The van der Waals surface area contributed by atoms with Gasteiger partial charge in [-0.1, -0.05) is 43.9 Å². The van der Waals surface area contributed by atoms with Gasteiger partial charge in [0.1, 0.15) is 5.75 Å². The van der Waals surface area contributed by atoms with Crippen LogP contribution in [0.15, 0.2) is 27.8 Å². The van der Waals surface area contributed by atoms with Crippen LogP contribution < -0.4 is 16.6 Å². The number of phenols is 1. The second-order valence-electron chi connectivity index (χ2n) is 8.44. The van der Waals surface area contributed by atoms with Gasteiger partial charge in [-0.2, -0.15) is 4.98 Å². The maximum absolute atomic E-state index is 13.4. The maximum Gasteiger partial charge on any atom is 0.332 e. The minimum atomic E-state index is -0.339. The van der Waals surface area contributed by atoms with Crippen molar-refractivity contribution in [2.45, 2.75) is 78.0 Å². The van der Waals surface area contributed by atoms with Gasteiger partial charge in [-0.3, -0.25) is 18.5 Å². The van der Waals surface area contributed by atoms with E-state index in [1.165, 1.54) is 11.0 Å². The van der Waals surface area contributed by atoms with Crippen LogP contribution in [0.5, 0.6) is 5.75 Å². The Kier molecular flexibility index (Phi) is 6.60. The number of imidazole rings is 1. The van der Waals surface area contributed by atoms with E-state index in [1.807, 2.05) is 11.5 Å². The van der Waals surface area contributed by atoms with Crippen LogP contribution >= 0.6 is 11.6 Å². The Bertz CT molecular complexity index is 1240. The molecule has 0 saturated heterocycles. The summed E-state index contributed by atoms with van der Waals surface area (Å²) in [6.07, 6.45) is 6.41. The van der Waals surface area contributed by atoms with E-state index in [9.17, 15) is 14.7 Å². The number of aryl methyl sites for hydroxylation is 1.